The van der Waals surface area contributed by atoms with Crippen LogP contribution in [0.1, 0.15) is 143 Å². The summed E-state index contributed by atoms with van der Waals surface area (Å²) in [6.07, 6.45) is 8.69. The van der Waals surface area contributed by atoms with Crippen LogP contribution in [0.25, 0.3) is 0 Å². The third kappa shape index (κ3) is 14.5. The number of aliphatic hydroxyl groups is 2. The summed E-state index contributed by atoms with van der Waals surface area (Å²) in [4.78, 5) is 72.7. The first-order valence-electron chi connectivity index (χ1n) is 26.9. The van der Waals surface area contributed by atoms with Gasteiger partial charge in [-0.1, -0.05) is 71.1 Å². The summed E-state index contributed by atoms with van der Waals surface area (Å²) in [6, 6.07) is -3.83. The van der Waals surface area contributed by atoms with E-state index in [1.807, 2.05) is 44.2 Å². The van der Waals surface area contributed by atoms with Crippen molar-refractivity contribution in [1.82, 2.24) is 25.1 Å². The summed E-state index contributed by atoms with van der Waals surface area (Å²) < 4.78 is 68.0. The van der Waals surface area contributed by atoms with Crippen LogP contribution in [0.2, 0.25) is 0 Å². The summed E-state index contributed by atoms with van der Waals surface area (Å²) >= 11 is 0. The molecule has 0 radical (unpaired) electrons. The van der Waals surface area contributed by atoms with E-state index in [9.17, 15) is 38.3 Å². The standard InChI is InChI=1S/C53H81N5O12/c1-32-17-13-11-12-14-18-33(2)44(66-8)29-40-22-20-38(7)53(65,70-40)50(62)51(63)57-24-16-15-19-42(57)52(64)69-45(35(4)27-39-21-23-41(46(28-39)67-9)58-31-54-55-56-58)30-43(59)34(3)26-37(6)48(61)49(68-10)47(60)36(5)25-32/h11-14,18,26,31-32,34-36,38-42,44-46,48-49,61,65H,15-17,19-25,27-30H2,1-10H3/b13-11+,14-12+,33-18+,37-26+/t32-,34-,35-,36-,38-,39+,40+,41+,42+,44+,45+,46-,48-,49+,53-/m1/s1/i34T,38T,41T,42T. The van der Waals surface area contributed by atoms with Crippen LogP contribution in [0.4, 0.5) is 0 Å². The molecule has 1 aromatic heterocycles. The van der Waals surface area contributed by atoms with Gasteiger partial charge in [0.15, 0.2) is 5.78 Å². The van der Waals surface area contributed by atoms with Crippen LogP contribution in [0.15, 0.2) is 53.9 Å². The minimum absolute atomic E-state index is 0.0355. The van der Waals surface area contributed by atoms with Gasteiger partial charge in [0.05, 0.1) is 27.1 Å². The molecule has 2 bridgehead atoms. The minimum atomic E-state index is -2.97. The number of hydrogen-bond acceptors (Lipinski definition) is 15. The van der Waals surface area contributed by atoms with Gasteiger partial charge in [0.2, 0.25) is 5.79 Å². The quantitative estimate of drug-likeness (QED) is 0.171. The number of carbonyl (C=O) groups is 5. The molecule has 0 unspecified atom stereocenters. The number of amides is 1. The number of ketones is 3. The monoisotopic (exact) mass is 988 g/mol. The van der Waals surface area contributed by atoms with Gasteiger partial charge in [-0.15, -0.1) is 5.10 Å². The summed E-state index contributed by atoms with van der Waals surface area (Å²) in [6.45, 7) is 11.3. The Bertz CT molecular complexity index is 2260. The highest BCUT2D eigenvalue weighted by Crippen LogP contribution is 2.39. The van der Waals surface area contributed by atoms with Crippen molar-refractivity contribution in [3.05, 3.63) is 53.9 Å². The average molecular weight is 988 g/mol. The Kier molecular flexibility index (Phi) is 19.1. The van der Waals surface area contributed by atoms with Crippen LogP contribution in [-0.4, -0.2) is 141 Å². The predicted molar refractivity (Wildman–Crippen MR) is 261 cm³/mol. The van der Waals surface area contributed by atoms with E-state index in [-0.39, 0.29) is 61.8 Å². The number of rotatable bonds is 7. The molecule has 17 heteroatoms. The predicted octanol–water partition coefficient (Wildman–Crippen LogP) is 6.44. The second-order valence-corrected chi connectivity index (χ2v) is 20.0. The first-order valence-corrected chi connectivity index (χ1v) is 24.9. The molecule has 1 amide bonds. The van der Waals surface area contributed by atoms with E-state index in [0.29, 0.717) is 44.9 Å². The van der Waals surface area contributed by atoms with Gasteiger partial charge in [-0.3, -0.25) is 19.2 Å². The van der Waals surface area contributed by atoms with E-state index >= 15 is 0 Å². The molecule has 0 aromatic carbocycles. The summed E-state index contributed by atoms with van der Waals surface area (Å²) in [5, 5.41) is 35.0. The zero-order valence-electron chi connectivity index (χ0n) is 46.9. The summed E-state index contributed by atoms with van der Waals surface area (Å²) in [5.74, 6) is -13.4. The van der Waals surface area contributed by atoms with Gasteiger partial charge in [0.1, 0.15) is 36.4 Å². The van der Waals surface area contributed by atoms with Gasteiger partial charge in [0, 0.05) is 61.2 Å². The molecule has 1 aliphatic carbocycles. The SMILES string of the molecule is [3H][C@@]12CCCCN1C(=O)C(=O)[C@]1(O)O[C@@H](CC[C@@]1([3H])C)C[C@H](OC)/C(C)=C/C=C/C=C/C[C@@H](C)C[C@@H](C)C(=O)[C@H](OC)[C@H](O)/C(C)=C/[C@@]([3H])(C)C(=O)C[C@@H]([C@H](C)C[C@@H]1CC[C@]([3H])(n3cnnn3)[C@H](OC)C1)OC2=O. The maximum atomic E-state index is 14.7. The second kappa shape index (κ2) is 26.4. The largest absolute Gasteiger partial charge is 0.460 e. The number of nitrogens with zero attached hydrogens (tertiary/aromatic N) is 5. The molecule has 17 nitrogen and oxygen atoms in total. The van der Waals surface area contributed by atoms with Gasteiger partial charge in [-0.25, -0.2) is 9.48 Å². The number of esters is 1. The van der Waals surface area contributed by atoms with E-state index in [2.05, 4.69) is 15.5 Å². The highest BCUT2D eigenvalue weighted by molar-refractivity contribution is 6.39. The summed E-state index contributed by atoms with van der Waals surface area (Å²) in [7, 11) is 4.32. The highest BCUT2D eigenvalue weighted by Gasteiger charge is 2.53. The maximum Gasteiger partial charge on any atom is 0.329 e. The molecule has 0 spiro atoms. The van der Waals surface area contributed by atoms with Crippen molar-refractivity contribution in [3.8, 4) is 0 Å². The van der Waals surface area contributed by atoms with Gasteiger partial charge < -0.3 is 38.8 Å². The lowest BCUT2D eigenvalue weighted by molar-refractivity contribution is -0.265. The first-order chi connectivity index (χ1) is 34.7. The van der Waals surface area contributed by atoms with E-state index in [4.69, 9.17) is 25.1 Å². The lowest BCUT2D eigenvalue weighted by atomic mass is 9.77. The maximum absolute atomic E-state index is 14.7. The molecule has 15 atom stereocenters. The number of fused-ring (bicyclic) bond motifs is 3. The number of piperidine rings is 1. The normalized spacial score (nSPS) is 43.6. The number of Topliss-reactive ketones (excluding diaryl/α,β-unsaturated/α-hetero) is 3. The number of aliphatic hydroxyl groups excluding tert-OH is 1. The van der Waals surface area contributed by atoms with E-state index < -0.39 is 108 Å². The molecule has 4 aliphatic rings. The zero-order chi connectivity index (χ0) is 55.0. The molecule has 1 aromatic rings. The number of allylic oxidation sites excluding steroid dienone is 6. The van der Waals surface area contributed by atoms with Crippen molar-refractivity contribution in [3.63, 3.8) is 0 Å². The first kappa shape index (κ1) is 50.7. The number of aromatic nitrogens is 4. The Balaban J connectivity index is 1.52. The van der Waals surface area contributed by atoms with Crippen molar-refractivity contribution in [2.75, 3.05) is 27.9 Å². The number of hydrogen-bond donors (Lipinski definition) is 2. The fourth-order valence-corrected chi connectivity index (χ4v) is 10.3. The smallest absolute Gasteiger partial charge is 0.329 e. The Morgan fingerprint density at radius 1 is 0.914 bits per heavy atom. The zero-order valence-corrected chi connectivity index (χ0v) is 42.9. The fraction of sp³-hybridized carbons (Fsp3) is 0.736. The lowest BCUT2D eigenvalue weighted by Gasteiger charge is -2.42. The number of carbonyl (C=O) groups excluding carboxylic acids is 5. The topological polar surface area (TPSA) is 219 Å². The summed E-state index contributed by atoms with van der Waals surface area (Å²) in [5.41, 5.74) is 0.931. The van der Waals surface area contributed by atoms with Crippen molar-refractivity contribution in [2.24, 2.45) is 35.5 Å². The fourth-order valence-electron chi connectivity index (χ4n) is 10.3. The molecule has 2 saturated heterocycles. The molecular weight excluding hydrogens is 899 g/mol. The van der Waals surface area contributed by atoms with E-state index in [1.165, 1.54) is 59.2 Å². The van der Waals surface area contributed by atoms with Crippen molar-refractivity contribution < 1.29 is 63.4 Å². The van der Waals surface area contributed by atoms with Gasteiger partial charge in [0.25, 0.3) is 11.7 Å². The van der Waals surface area contributed by atoms with Gasteiger partial charge in [-0.2, -0.15) is 0 Å². The molecule has 70 heavy (non-hydrogen) atoms. The van der Waals surface area contributed by atoms with Crippen LogP contribution in [0, 0.1) is 35.5 Å². The molecule has 4 heterocycles. The number of tetrazole rings is 1. The van der Waals surface area contributed by atoms with Crippen LogP contribution in [-0.2, 0) is 47.7 Å². The molecular formula is C53H81N5O12. The average Bonchev–Trinajstić information content (AvgIpc) is 3.91. The highest BCUT2D eigenvalue weighted by atomic mass is 16.6. The third-order valence-electron chi connectivity index (χ3n) is 14.7. The van der Waals surface area contributed by atoms with Gasteiger partial charge >= 0.3 is 5.97 Å². The van der Waals surface area contributed by atoms with Gasteiger partial charge in [-0.05, 0) is 124 Å². The van der Waals surface area contributed by atoms with E-state index in [0.717, 1.165) is 10.5 Å². The Hall–Kier alpha value is -4.26. The second-order valence-electron chi connectivity index (χ2n) is 20.0. The molecule has 3 fully saturated rings. The Morgan fingerprint density at radius 3 is 2.36 bits per heavy atom. The molecule has 3 aliphatic heterocycles. The van der Waals surface area contributed by atoms with Crippen LogP contribution in [0.5, 0.6) is 0 Å². The molecule has 390 valence electrons. The molecule has 2 N–H and O–H groups in total. The van der Waals surface area contributed by atoms with Crippen LogP contribution in [0.3, 0.4) is 0 Å². The van der Waals surface area contributed by atoms with Crippen molar-refractivity contribution in [2.45, 2.75) is 186 Å². The lowest BCUT2D eigenvalue weighted by Crippen LogP contribution is -2.61. The molecule has 5 rings (SSSR count). The van der Waals surface area contributed by atoms with Crippen LogP contribution < -0.4 is 0 Å². The number of cyclic esters (lactones) is 1. The third-order valence-corrected chi connectivity index (χ3v) is 14.7. The van der Waals surface area contributed by atoms with Crippen molar-refractivity contribution in [1.29, 1.82) is 0 Å². The van der Waals surface area contributed by atoms with Crippen molar-refractivity contribution >= 4 is 29.2 Å². The van der Waals surface area contributed by atoms with E-state index in [1.54, 1.807) is 13.8 Å². The number of methoxy groups -OCH3 is 3. The molecule has 1 saturated carbocycles. The minimum Gasteiger partial charge on any atom is -0.460 e. The Labute approximate surface area is 420 Å². The Morgan fingerprint density at radius 2 is 1.67 bits per heavy atom. The number of ether oxygens (including phenoxy) is 5. The van der Waals surface area contributed by atoms with Crippen LogP contribution >= 0.6 is 0 Å².